The molecule has 0 aliphatic rings. The highest BCUT2D eigenvalue weighted by atomic mass is 16.6. The van der Waals surface area contributed by atoms with Crippen LogP contribution in [0.2, 0.25) is 0 Å². The lowest BCUT2D eigenvalue weighted by atomic mass is 10.0. The summed E-state index contributed by atoms with van der Waals surface area (Å²) in [6, 6.07) is 5.15. The summed E-state index contributed by atoms with van der Waals surface area (Å²) in [6.45, 7) is 4.69. The zero-order chi connectivity index (χ0) is 22.0. The molecular formula is C25H44N2O3. The third-order valence-electron chi connectivity index (χ3n) is 5.53. The highest BCUT2D eigenvalue weighted by molar-refractivity contribution is 5.48. The molecule has 0 aliphatic carbocycles. The zero-order valence-electron chi connectivity index (χ0n) is 19.4. The second-order valence-electron chi connectivity index (χ2n) is 8.69. The molecule has 2 N–H and O–H groups in total. The SMILES string of the molecule is CCCCCCCCCCCCCCCCOc1ccc(CC(C)N)cc1[N+](=O)[O-]. The Morgan fingerprint density at radius 2 is 1.40 bits per heavy atom. The Labute approximate surface area is 183 Å². The van der Waals surface area contributed by atoms with Crippen molar-refractivity contribution in [3.63, 3.8) is 0 Å². The Morgan fingerprint density at radius 1 is 0.900 bits per heavy atom. The maximum Gasteiger partial charge on any atom is 0.311 e. The normalized spacial score (nSPS) is 12.1. The summed E-state index contributed by atoms with van der Waals surface area (Å²) in [7, 11) is 0. The molecule has 0 heterocycles. The van der Waals surface area contributed by atoms with E-state index in [1.807, 2.05) is 13.0 Å². The summed E-state index contributed by atoms with van der Waals surface area (Å²) in [6.07, 6.45) is 19.0. The van der Waals surface area contributed by atoms with Crippen LogP contribution in [0.3, 0.4) is 0 Å². The quantitative estimate of drug-likeness (QED) is 0.144. The lowest BCUT2D eigenvalue weighted by molar-refractivity contribution is -0.385. The van der Waals surface area contributed by atoms with Crippen molar-refractivity contribution in [3.05, 3.63) is 33.9 Å². The molecule has 1 rings (SSSR count). The third-order valence-corrected chi connectivity index (χ3v) is 5.53. The first-order chi connectivity index (χ1) is 14.5. The van der Waals surface area contributed by atoms with Crippen LogP contribution in [0.4, 0.5) is 5.69 Å². The van der Waals surface area contributed by atoms with Crippen molar-refractivity contribution in [2.45, 2.75) is 116 Å². The second kappa shape index (κ2) is 17.1. The number of unbranched alkanes of at least 4 members (excludes halogenated alkanes) is 13. The van der Waals surface area contributed by atoms with E-state index in [9.17, 15) is 10.1 Å². The molecule has 0 amide bonds. The van der Waals surface area contributed by atoms with Gasteiger partial charge in [0.15, 0.2) is 5.75 Å². The van der Waals surface area contributed by atoms with Gasteiger partial charge in [-0.15, -0.1) is 0 Å². The number of hydrogen-bond acceptors (Lipinski definition) is 4. The molecule has 0 saturated heterocycles. The van der Waals surface area contributed by atoms with Crippen molar-refractivity contribution >= 4 is 5.69 Å². The van der Waals surface area contributed by atoms with E-state index >= 15 is 0 Å². The van der Waals surface area contributed by atoms with Crippen LogP contribution in [0.25, 0.3) is 0 Å². The van der Waals surface area contributed by atoms with E-state index in [1.54, 1.807) is 12.1 Å². The van der Waals surface area contributed by atoms with Gasteiger partial charge in [-0.05, 0) is 31.4 Å². The number of rotatable bonds is 19. The van der Waals surface area contributed by atoms with E-state index in [-0.39, 0.29) is 16.7 Å². The zero-order valence-corrected chi connectivity index (χ0v) is 19.4. The summed E-state index contributed by atoms with van der Waals surface area (Å²) in [4.78, 5) is 10.9. The van der Waals surface area contributed by atoms with Crippen LogP contribution in [0.1, 0.15) is 109 Å². The van der Waals surface area contributed by atoms with Gasteiger partial charge in [0.25, 0.3) is 0 Å². The number of nitro groups is 1. The van der Waals surface area contributed by atoms with Crippen LogP contribution < -0.4 is 10.5 Å². The van der Waals surface area contributed by atoms with Gasteiger partial charge >= 0.3 is 5.69 Å². The molecule has 1 aromatic carbocycles. The van der Waals surface area contributed by atoms with Crippen LogP contribution >= 0.6 is 0 Å². The number of benzene rings is 1. The first-order valence-corrected chi connectivity index (χ1v) is 12.2. The van der Waals surface area contributed by atoms with E-state index in [4.69, 9.17) is 10.5 Å². The number of nitrogens with two attached hydrogens (primary N) is 1. The number of nitro benzene ring substituents is 1. The molecule has 1 unspecified atom stereocenters. The highest BCUT2D eigenvalue weighted by Crippen LogP contribution is 2.28. The van der Waals surface area contributed by atoms with E-state index in [0.29, 0.717) is 18.8 Å². The summed E-state index contributed by atoms with van der Waals surface area (Å²) < 4.78 is 5.69. The van der Waals surface area contributed by atoms with Crippen LogP contribution in [-0.4, -0.2) is 17.6 Å². The van der Waals surface area contributed by atoms with E-state index in [0.717, 1.165) is 18.4 Å². The molecule has 30 heavy (non-hydrogen) atoms. The van der Waals surface area contributed by atoms with Gasteiger partial charge in [0.2, 0.25) is 0 Å². The Kier molecular flexibility index (Phi) is 15.1. The van der Waals surface area contributed by atoms with Gasteiger partial charge in [-0.3, -0.25) is 10.1 Å². The van der Waals surface area contributed by atoms with Crippen LogP contribution in [0.5, 0.6) is 5.75 Å². The molecule has 1 atom stereocenters. The number of nitrogens with zero attached hydrogens (tertiary/aromatic N) is 1. The summed E-state index contributed by atoms with van der Waals surface area (Å²) in [5.41, 5.74) is 6.70. The molecule has 1 aromatic rings. The predicted octanol–water partition coefficient (Wildman–Crippen LogP) is 7.34. The van der Waals surface area contributed by atoms with Gasteiger partial charge in [0, 0.05) is 12.1 Å². The molecule has 0 aromatic heterocycles. The predicted molar refractivity (Wildman–Crippen MR) is 126 cm³/mol. The molecular weight excluding hydrogens is 376 g/mol. The van der Waals surface area contributed by atoms with Crippen LogP contribution in [0.15, 0.2) is 18.2 Å². The fourth-order valence-corrected chi connectivity index (χ4v) is 3.81. The summed E-state index contributed by atoms with van der Waals surface area (Å²) in [5.74, 6) is 0.364. The van der Waals surface area contributed by atoms with Crippen molar-refractivity contribution < 1.29 is 9.66 Å². The Hall–Kier alpha value is -1.62. The molecule has 0 bridgehead atoms. The first-order valence-electron chi connectivity index (χ1n) is 12.2. The minimum atomic E-state index is -0.370. The molecule has 5 heteroatoms. The monoisotopic (exact) mass is 420 g/mol. The van der Waals surface area contributed by atoms with Gasteiger partial charge in [-0.1, -0.05) is 96.5 Å². The minimum absolute atomic E-state index is 0.0214. The molecule has 172 valence electrons. The smallest absolute Gasteiger partial charge is 0.311 e. The van der Waals surface area contributed by atoms with Crippen molar-refractivity contribution in [1.29, 1.82) is 0 Å². The number of ether oxygens (including phenoxy) is 1. The van der Waals surface area contributed by atoms with E-state index in [1.165, 1.54) is 77.0 Å². The second-order valence-corrected chi connectivity index (χ2v) is 8.69. The Bertz CT molecular complexity index is 576. The largest absolute Gasteiger partial charge is 0.487 e. The fraction of sp³-hybridized carbons (Fsp3) is 0.760. The van der Waals surface area contributed by atoms with Crippen LogP contribution in [-0.2, 0) is 6.42 Å². The summed E-state index contributed by atoms with van der Waals surface area (Å²) >= 11 is 0. The average Bonchev–Trinajstić information content (AvgIpc) is 2.71. The first kappa shape index (κ1) is 26.4. The maximum absolute atomic E-state index is 11.3. The maximum atomic E-state index is 11.3. The minimum Gasteiger partial charge on any atom is -0.487 e. The van der Waals surface area contributed by atoms with Crippen molar-refractivity contribution in [2.75, 3.05) is 6.61 Å². The molecule has 0 aliphatic heterocycles. The van der Waals surface area contributed by atoms with Gasteiger partial charge in [0.1, 0.15) is 0 Å². The Morgan fingerprint density at radius 3 is 1.87 bits per heavy atom. The standard InChI is InChI=1S/C25H44N2O3/c1-3-4-5-6-7-8-9-10-11-12-13-14-15-16-19-30-25-18-17-23(20-22(2)26)21-24(25)27(28)29/h17-18,21-22H,3-16,19-20,26H2,1-2H3. The van der Waals surface area contributed by atoms with Gasteiger partial charge < -0.3 is 10.5 Å². The van der Waals surface area contributed by atoms with Gasteiger partial charge in [-0.2, -0.15) is 0 Å². The lowest BCUT2D eigenvalue weighted by Gasteiger charge is -2.09. The van der Waals surface area contributed by atoms with E-state index < -0.39 is 0 Å². The fourth-order valence-electron chi connectivity index (χ4n) is 3.81. The highest BCUT2D eigenvalue weighted by Gasteiger charge is 2.16. The van der Waals surface area contributed by atoms with Crippen molar-refractivity contribution in [2.24, 2.45) is 5.73 Å². The van der Waals surface area contributed by atoms with Gasteiger partial charge in [0.05, 0.1) is 11.5 Å². The molecule has 0 saturated carbocycles. The van der Waals surface area contributed by atoms with Crippen molar-refractivity contribution in [3.8, 4) is 5.75 Å². The molecule has 5 nitrogen and oxygen atoms in total. The third kappa shape index (κ3) is 12.8. The average molecular weight is 421 g/mol. The summed E-state index contributed by atoms with van der Waals surface area (Å²) in [5, 5.41) is 11.3. The van der Waals surface area contributed by atoms with E-state index in [2.05, 4.69) is 6.92 Å². The topological polar surface area (TPSA) is 78.4 Å². The molecule has 0 spiro atoms. The number of hydrogen-bond donors (Lipinski definition) is 1. The van der Waals surface area contributed by atoms with Crippen molar-refractivity contribution in [1.82, 2.24) is 0 Å². The lowest BCUT2D eigenvalue weighted by Crippen LogP contribution is -2.17. The molecule has 0 fully saturated rings. The van der Waals surface area contributed by atoms with Crippen LogP contribution in [0, 0.1) is 10.1 Å². The van der Waals surface area contributed by atoms with Gasteiger partial charge in [-0.25, -0.2) is 0 Å². The Balaban J connectivity index is 2.05. The molecule has 0 radical (unpaired) electrons.